The lowest BCUT2D eigenvalue weighted by atomic mass is 10.1. The minimum atomic E-state index is -0.932. The normalized spacial score (nSPS) is 16.3. The Morgan fingerprint density at radius 1 is 1.21 bits per heavy atom. The Kier molecular flexibility index (Phi) is 6.17. The molecule has 24 heavy (non-hydrogen) atoms. The smallest absolute Gasteiger partial charge is 0.329 e. The number of esters is 1. The van der Waals surface area contributed by atoms with E-state index in [-0.39, 0.29) is 12.3 Å². The minimum absolute atomic E-state index is 0.210. The van der Waals surface area contributed by atoms with Crippen molar-refractivity contribution in [1.29, 1.82) is 0 Å². The highest BCUT2D eigenvalue weighted by atomic mass is 16.5. The van der Waals surface area contributed by atoms with Gasteiger partial charge in [0.1, 0.15) is 6.04 Å². The first kappa shape index (κ1) is 17.8. The third kappa shape index (κ3) is 4.97. The van der Waals surface area contributed by atoms with Gasteiger partial charge < -0.3 is 20.7 Å². The molecule has 7 heteroatoms. The van der Waals surface area contributed by atoms with Crippen molar-refractivity contribution in [2.75, 3.05) is 13.1 Å². The van der Waals surface area contributed by atoms with Gasteiger partial charge in [0.15, 0.2) is 6.10 Å². The van der Waals surface area contributed by atoms with Gasteiger partial charge in [-0.25, -0.2) is 9.59 Å². The molecule has 0 aliphatic carbocycles. The van der Waals surface area contributed by atoms with Gasteiger partial charge in [-0.2, -0.15) is 0 Å². The number of rotatable bonds is 6. The fourth-order valence-electron chi connectivity index (χ4n) is 2.72. The van der Waals surface area contributed by atoms with Gasteiger partial charge in [-0.3, -0.25) is 4.79 Å². The Labute approximate surface area is 141 Å². The summed E-state index contributed by atoms with van der Waals surface area (Å²) >= 11 is 0. The van der Waals surface area contributed by atoms with Crippen LogP contribution in [0.5, 0.6) is 0 Å². The van der Waals surface area contributed by atoms with Crippen LogP contribution in [0, 0.1) is 0 Å². The van der Waals surface area contributed by atoms with Crippen LogP contribution in [-0.2, 0) is 20.7 Å². The van der Waals surface area contributed by atoms with E-state index in [1.54, 1.807) is 11.8 Å². The minimum Gasteiger partial charge on any atom is -0.451 e. The fraction of sp³-hybridized carbons (Fsp3) is 0.471. The average Bonchev–Trinajstić information content (AvgIpc) is 3.08. The quantitative estimate of drug-likeness (QED) is 0.752. The van der Waals surface area contributed by atoms with Crippen LogP contribution < -0.4 is 11.1 Å². The summed E-state index contributed by atoms with van der Waals surface area (Å²) in [4.78, 5) is 37.4. The highest BCUT2D eigenvalue weighted by Crippen LogP contribution is 2.12. The lowest BCUT2D eigenvalue weighted by Crippen LogP contribution is -2.48. The molecular formula is C17H23N3O4. The number of carbonyl (C=O) groups excluding carboxylic acids is 3. The van der Waals surface area contributed by atoms with Crippen molar-refractivity contribution >= 4 is 17.9 Å². The summed E-state index contributed by atoms with van der Waals surface area (Å²) in [6.45, 7) is 2.92. The maximum absolute atomic E-state index is 12.3. The van der Waals surface area contributed by atoms with Crippen LogP contribution in [0.3, 0.4) is 0 Å². The van der Waals surface area contributed by atoms with Crippen LogP contribution in [0.15, 0.2) is 30.3 Å². The number of urea groups is 1. The number of ether oxygens (including phenoxy) is 1. The lowest BCUT2D eigenvalue weighted by Gasteiger charge is -2.23. The molecule has 1 aromatic carbocycles. The summed E-state index contributed by atoms with van der Waals surface area (Å²) in [5, 5.41) is 2.38. The van der Waals surface area contributed by atoms with E-state index in [9.17, 15) is 14.4 Å². The molecule has 0 unspecified atom stereocenters. The highest BCUT2D eigenvalue weighted by Gasteiger charge is 2.29. The van der Waals surface area contributed by atoms with Gasteiger partial charge in [-0.15, -0.1) is 0 Å². The van der Waals surface area contributed by atoms with Gasteiger partial charge in [0.05, 0.1) is 0 Å². The number of benzene rings is 1. The third-order valence-corrected chi connectivity index (χ3v) is 3.94. The zero-order chi connectivity index (χ0) is 17.5. The molecule has 1 heterocycles. The van der Waals surface area contributed by atoms with Crippen LogP contribution in [0.4, 0.5) is 4.79 Å². The predicted molar refractivity (Wildman–Crippen MR) is 88.0 cm³/mol. The Morgan fingerprint density at radius 2 is 1.83 bits per heavy atom. The van der Waals surface area contributed by atoms with E-state index in [4.69, 9.17) is 10.5 Å². The summed E-state index contributed by atoms with van der Waals surface area (Å²) in [5.74, 6) is -0.879. The first-order chi connectivity index (χ1) is 11.5. The van der Waals surface area contributed by atoms with Crippen LogP contribution in [-0.4, -0.2) is 48.0 Å². The number of hydrogen-bond acceptors (Lipinski definition) is 4. The zero-order valence-electron chi connectivity index (χ0n) is 13.7. The molecule has 0 bridgehead atoms. The largest absolute Gasteiger partial charge is 0.451 e. The number of hydrogen-bond donors (Lipinski definition) is 2. The van der Waals surface area contributed by atoms with E-state index < -0.39 is 24.1 Å². The van der Waals surface area contributed by atoms with Crippen molar-refractivity contribution in [3.8, 4) is 0 Å². The maximum Gasteiger partial charge on any atom is 0.329 e. The van der Waals surface area contributed by atoms with Crippen molar-refractivity contribution in [3.63, 3.8) is 0 Å². The number of likely N-dealkylation sites (tertiary alicyclic amines) is 1. The number of carbonyl (C=O) groups is 3. The second-order valence-electron chi connectivity index (χ2n) is 5.86. The maximum atomic E-state index is 12.3. The summed E-state index contributed by atoms with van der Waals surface area (Å²) in [6.07, 6.45) is 1.29. The number of nitrogens with zero attached hydrogens (tertiary/aromatic N) is 1. The molecule has 0 radical (unpaired) electrons. The summed E-state index contributed by atoms with van der Waals surface area (Å²) in [7, 11) is 0. The molecule has 1 aliphatic heterocycles. The van der Waals surface area contributed by atoms with Crippen LogP contribution >= 0.6 is 0 Å². The molecule has 7 nitrogen and oxygen atoms in total. The Hall–Kier alpha value is -2.57. The van der Waals surface area contributed by atoms with Crippen molar-refractivity contribution in [2.24, 2.45) is 5.73 Å². The number of primary amides is 1. The molecule has 0 aromatic heterocycles. The molecule has 3 amide bonds. The molecule has 1 aromatic rings. The van der Waals surface area contributed by atoms with Crippen molar-refractivity contribution in [1.82, 2.24) is 10.2 Å². The van der Waals surface area contributed by atoms with Crippen molar-refractivity contribution < 1.29 is 19.1 Å². The monoisotopic (exact) mass is 333 g/mol. The molecule has 0 spiro atoms. The van der Waals surface area contributed by atoms with Crippen molar-refractivity contribution in [3.05, 3.63) is 35.9 Å². The molecule has 1 aliphatic rings. The third-order valence-electron chi connectivity index (χ3n) is 3.94. The van der Waals surface area contributed by atoms with Gasteiger partial charge in [0.25, 0.3) is 5.91 Å². The highest BCUT2D eigenvalue weighted by molar-refractivity contribution is 5.87. The molecule has 1 saturated heterocycles. The Morgan fingerprint density at radius 3 is 2.42 bits per heavy atom. The summed E-state index contributed by atoms with van der Waals surface area (Å²) in [5.41, 5.74) is 6.00. The molecule has 2 atom stereocenters. The van der Waals surface area contributed by atoms with E-state index in [2.05, 4.69) is 5.32 Å². The molecule has 130 valence electrons. The lowest BCUT2D eigenvalue weighted by molar-refractivity contribution is -0.160. The second kappa shape index (κ2) is 8.33. The molecule has 1 fully saturated rings. The molecular weight excluding hydrogens is 310 g/mol. The van der Waals surface area contributed by atoms with Crippen LogP contribution in [0.1, 0.15) is 25.3 Å². The number of nitrogens with two attached hydrogens (primary N) is 1. The van der Waals surface area contributed by atoms with Crippen molar-refractivity contribution in [2.45, 2.75) is 38.3 Å². The topological polar surface area (TPSA) is 102 Å². The zero-order valence-corrected chi connectivity index (χ0v) is 13.7. The number of nitrogens with one attached hydrogen (secondary N) is 1. The summed E-state index contributed by atoms with van der Waals surface area (Å²) in [6, 6.07) is 7.45. The predicted octanol–water partition coefficient (Wildman–Crippen LogP) is 0.820. The standard InChI is InChI=1S/C17H23N3O4/c1-12(15(21)20-9-5-6-10-20)24-16(22)14(19-17(18)23)11-13-7-3-2-4-8-13/h2-4,7-8,12,14H,5-6,9-11H2,1H3,(H3,18,19,23)/t12-,14-/m0/s1. The van der Waals surface area contributed by atoms with E-state index in [1.165, 1.54) is 0 Å². The van der Waals surface area contributed by atoms with E-state index in [0.29, 0.717) is 13.1 Å². The average molecular weight is 333 g/mol. The molecule has 0 saturated carbocycles. The Bertz CT molecular complexity index is 585. The van der Waals surface area contributed by atoms with Crippen LogP contribution in [0.2, 0.25) is 0 Å². The molecule has 3 N–H and O–H groups in total. The first-order valence-corrected chi connectivity index (χ1v) is 8.06. The van der Waals surface area contributed by atoms with Gasteiger partial charge in [-0.05, 0) is 25.3 Å². The first-order valence-electron chi connectivity index (χ1n) is 8.06. The van der Waals surface area contributed by atoms with Gasteiger partial charge in [-0.1, -0.05) is 30.3 Å². The van der Waals surface area contributed by atoms with E-state index in [1.807, 2.05) is 30.3 Å². The van der Waals surface area contributed by atoms with Gasteiger partial charge in [0.2, 0.25) is 0 Å². The van der Waals surface area contributed by atoms with Gasteiger partial charge in [0, 0.05) is 19.5 Å². The second-order valence-corrected chi connectivity index (χ2v) is 5.86. The molecule has 2 rings (SSSR count). The fourth-order valence-corrected chi connectivity index (χ4v) is 2.72. The van der Waals surface area contributed by atoms with E-state index >= 15 is 0 Å². The summed E-state index contributed by atoms with van der Waals surface area (Å²) < 4.78 is 5.26. The SMILES string of the molecule is C[C@H](OC(=O)[C@H](Cc1ccccc1)NC(N)=O)C(=O)N1CCCC1. The van der Waals surface area contributed by atoms with Crippen LogP contribution in [0.25, 0.3) is 0 Å². The van der Waals surface area contributed by atoms with E-state index in [0.717, 1.165) is 18.4 Å². The Balaban J connectivity index is 1.98. The van der Waals surface area contributed by atoms with Gasteiger partial charge >= 0.3 is 12.0 Å². The number of amides is 3.